The second-order valence-corrected chi connectivity index (χ2v) is 29.3. The molecular weight excluding hydrogens is 1160 g/mol. The first kappa shape index (κ1) is 86.1. The van der Waals surface area contributed by atoms with Gasteiger partial charge in [0.25, 0.3) is 0 Å². The van der Waals surface area contributed by atoms with Crippen LogP contribution in [0.25, 0.3) is 0 Å². The molecule has 2 unspecified atom stereocenters. The fourth-order valence-electron chi connectivity index (χ4n) is 10.4. The van der Waals surface area contributed by atoms with Gasteiger partial charge in [0, 0.05) is 25.7 Å². The summed E-state index contributed by atoms with van der Waals surface area (Å²) < 4.78 is 68.2. The Morgan fingerprint density at radius 2 is 0.523 bits per heavy atom. The Hall–Kier alpha value is -1.94. The average Bonchev–Trinajstić information content (AvgIpc) is 3.56. The summed E-state index contributed by atoms with van der Waals surface area (Å²) in [4.78, 5) is 72.4. The summed E-state index contributed by atoms with van der Waals surface area (Å²) in [6.45, 7) is 11.8. The first-order valence-electron chi connectivity index (χ1n) is 35.8. The summed E-state index contributed by atoms with van der Waals surface area (Å²) in [6, 6.07) is 0. The summed E-state index contributed by atoms with van der Waals surface area (Å²) >= 11 is 0. The third kappa shape index (κ3) is 62.8. The Morgan fingerprint density at radius 1 is 0.307 bits per heavy atom. The molecule has 0 fully saturated rings. The highest BCUT2D eigenvalue weighted by molar-refractivity contribution is 7.47. The van der Waals surface area contributed by atoms with Gasteiger partial charge in [0.15, 0.2) is 12.2 Å². The summed E-state index contributed by atoms with van der Waals surface area (Å²) in [6.07, 6.45) is 43.2. The molecule has 0 aliphatic rings. The molecule has 0 saturated carbocycles. The first-order chi connectivity index (χ1) is 42.2. The Bertz CT molecular complexity index is 1730. The molecule has 0 amide bonds. The standard InChI is InChI=1S/C69H134O17P2/c1-8-9-10-11-12-20-29-36-43-50-66(71)79-57-65(86-69(74)53-46-39-32-25-28-35-42-49-62(6)7)59-84-88(77,78)82-55-63(70)54-81-87(75,76)83-58-64(56-80-67(72)51-44-37-30-24-23-27-34-41-48-61(4)5)85-68(73)52-45-38-31-22-19-17-15-13-14-16-18-21-26-33-40-47-60(2)3/h60-65,70H,8-59H2,1-7H3,(H,75,76)(H,77,78)/t63-,64-,65-/m1/s1. The van der Waals surface area contributed by atoms with Crippen molar-refractivity contribution in [1.82, 2.24) is 0 Å². The third-order valence-corrected chi connectivity index (χ3v) is 17.8. The van der Waals surface area contributed by atoms with Gasteiger partial charge in [0.05, 0.1) is 26.4 Å². The second kappa shape index (κ2) is 60.0. The van der Waals surface area contributed by atoms with Crippen LogP contribution in [0.3, 0.4) is 0 Å². The van der Waals surface area contributed by atoms with Crippen molar-refractivity contribution in [3.05, 3.63) is 0 Å². The van der Waals surface area contributed by atoms with Crippen LogP contribution in [0.5, 0.6) is 0 Å². The minimum atomic E-state index is -4.95. The number of carbonyl (C=O) groups excluding carboxylic acids is 4. The molecule has 0 aliphatic carbocycles. The molecule has 19 heteroatoms. The molecule has 0 radical (unpaired) electrons. The maximum Gasteiger partial charge on any atom is 0.472 e. The number of unbranched alkanes of at least 4 members (excludes halogenated alkanes) is 35. The monoisotopic (exact) mass is 1300 g/mol. The molecule has 0 heterocycles. The fourth-order valence-corrected chi connectivity index (χ4v) is 11.9. The van der Waals surface area contributed by atoms with E-state index in [2.05, 4.69) is 48.5 Å². The van der Waals surface area contributed by atoms with Crippen LogP contribution < -0.4 is 0 Å². The number of phosphoric ester groups is 2. The van der Waals surface area contributed by atoms with E-state index in [1.54, 1.807) is 0 Å². The van der Waals surface area contributed by atoms with Crippen molar-refractivity contribution in [2.24, 2.45) is 17.8 Å². The summed E-state index contributed by atoms with van der Waals surface area (Å²) in [7, 11) is -9.90. The molecule has 5 atom stereocenters. The lowest BCUT2D eigenvalue weighted by Crippen LogP contribution is -2.30. The van der Waals surface area contributed by atoms with Gasteiger partial charge in [0.2, 0.25) is 0 Å². The van der Waals surface area contributed by atoms with Gasteiger partial charge in [-0.3, -0.25) is 37.3 Å². The summed E-state index contributed by atoms with van der Waals surface area (Å²) in [5, 5.41) is 10.6. The molecule has 0 spiro atoms. The number of esters is 4. The van der Waals surface area contributed by atoms with Crippen LogP contribution in [0.4, 0.5) is 0 Å². The van der Waals surface area contributed by atoms with Crippen molar-refractivity contribution in [3.8, 4) is 0 Å². The van der Waals surface area contributed by atoms with E-state index in [0.29, 0.717) is 31.6 Å². The molecule has 522 valence electrons. The van der Waals surface area contributed by atoms with Crippen molar-refractivity contribution < 1.29 is 80.2 Å². The first-order valence-corrected chi connectivity index (χ1v) is 38.8. The minimum absolute atomic E-state index is 0.103. The zero-order valence-corrected chi connectivity index (χ0v) is 59.0. The third-order valence-electron chi connectivity index (χ3n) is 15.9. The van der Waals surface area contributed by atoms with E-state index in [-0.39, 0.29) is 25.7 Å². The van der Waals surface area contributed by atoms with Crippen molar-refractivity contribution in [2.75, 3.05) is 39.6 Å². The normalized spacial score (nSPS) is 14.2. The topological polar surface area (TPSA) is 237 Å². The van der Waals surface area contributed by atoms with Crippen LogP contribution in [0.1, 0.15) is 344 Å². The van der Waals surface area contributed by atoms with Gasteiger partial charge in [0.1, 0.15) is 19.3 Å². The molecule has 0 aromatic carbocycles. The molecule has 0 saturated heterocycles. The van der Waals surface area contributed by atoms with Gasteiger partial charge < -0.3 is 33.8 Å². The van der Waals surface area contributed by atoms with Crippen LogP contribution in [0, 0.1) is 17.8 Å². The maximum atomic E-state index is 13.0. The van der Waals surface area contributed by atoms with E-state index in [1.165, 1.54) is 154 Å². The highest BCUT2D eigenvalue weighted by Crippen LogP contribution is 2.45. The predicted molar refractivity (Wildman–Crippen MR) is 354 cm³/mol. The fraction of sp³-hybridized carbons (Fsp3) is 0.942. The number of ether oxygens (including phenoxy) is 4. The molecule has 88 heavy (non-hydrogen) atoms. The van der Waals surface area contributed by atoms with E-state index in [9.17, 15) is 43.2 Å². The molecule has 17 nitrogen and oxygen atoms in total. The molecular formula is C69H134O17P2. The minimum Gasteiger partial charge on any atom is -0.462 e. The van der Waals surface area contributed by atoms with Gasteiger partial charge in [-0.1, -0.05) is 292 Å². The number of aliphatic hydroxyl groups is 1. The average molecular weight is 1300 g/mol. The second-order valence-electron chi connectivity index (χ2n) is 26.3. The zero-order valence-electron chi connectivity index (χ0n) is 57.2. The van der Waals surface area contributed by atoms with Crippen LogP contribution in [0.2, 0.25) is 0 Å². The smallest absolute Gasteiger partial charge is 0.462 e. The lowest BCUT2D eigenvalue weighted by molar-refractivity contribution is -0.161. The van der Waals surface area contributed by atoms with Gasteiger partial charge >= 0.3 is 39.5 Å². The van der Waals surface area contributed by atoms with Crippen molar-refractivity contribution in [3.63, 3.8) is 0 Å². The van der Waals surface area contributed by atoms with Gasteiger partial charge in [-0.05, 0) is 43.4 Å². The van der Waals surface area contributed by atoms with Crippen LogP contribution in [0.15, 0.2) is 0 Å². The quantitative estimate of drug-likeness (QED) is 0.0222. The Balaban J connectivity index is 5.20. The summed E-state index contributed by atoms with van der Waals surface area (Å²) in [5.74, 6) is 0.0931. The van der Waals surface area contributed by atoms with Crippen LogP contribution >= 0.6 is 15.6 Å². The number of hydrogen-bond donors (Lipinski definition) is 3. The molecule has 3 N–H and O–H groups in total. The number of hydrogen-bond acceptors (Lipinski definition) is 15. The highest BCUT2D eigenvalue weighted by Gasteiger charge is 2.30. The molecule has 0 aromatic rings. The Morgan fingerprint density at radius 3 is 0.773 bits per heavy atom. The van der Waals surface area contributed by atoms with Crippen molar-refractivity contribution in [2.45, 2.75) is 362 Å². The van der Waals surface area contributed by atoms with Gasteiger partial charge in [-0.2, -0.15) is 0 Å². The number of rotatable bonds is 67. The van der Waals surface area contributed by atoms with Crippen molar-refractivity contribution >= 4 is 39.5 Å². The summed E-state index contributed by atoms with van der Waals surface area (Å²) in [5.41, 5.74) is 0. The molecule has 0 rings (SSSR count). The number of phosphoric acid groups is 2. The molecule has 0 aliphatic heterocycles. The van der Waals surface area contributed by atoms with Gasteiger partial charge in [-0.25, -0.2) is 9.13 Å². The van der Waals surface area contributed by atoms with E-state index >= 15 is 0 Å². The molecule has 0 aromatic heterocycles. The van der Waals surface area contributed by atoms with E-state index in [4.69, 9.17) is 37.0 Å². The molecule has 0 bridgehead atoms. The van der Waals surface area contributed by atoms with Crippen molar-refractivity contribution in [1.29, 1.82) is 0 Å². The van der Waals surface area contributed by atoms with E-state index < -0.39 is 97.5 Å². The zero-order chi connectivity index (χ0) is 65.2. The van der Waals surface area contributed by atoms with Crippen LogP contribution in [-0.2, 0) is 65.4 Å². The van der Waals surface area contributed by atoms with E-state index in [0.717, 1.165) is 102 Å². The van der Waals surface area contributed by atoms with E-state index in [1.807, 2.05) is 0 Å². The SMILES string of the molecule is CCCCCCCCCCCC(=O)OC[C@H](COP(=O)(O)OC[C@H](O)COP(=O)(O)OC[C@@H](COC(=O)CCCCCCCCCCC(C)C)OC(=O)CCCCCCCCCCCCCCCCCC(C)C)OC(=O)CCCCCCCCCC(C)C. The highest BCUT2D eigenvalue weighted by atomic mass is 31.2. The largest absolute Gasteiger partial charge is 0.472 e. The number of aliphatic hydroxyl groups excluding tert-OH is 1. The predicted octanol–water partition coefficient (Wildman–Crippen LogP) is 19.5. The Kier molecular flexibility index (Phi) is 58.7. The van der Waals surface area contributed by atoms with Gasteiger partial charge in [-0.15, -0.1) is 0 Å². The lowest BCUT2D eigenvalue weighted by Gasteiger charge is -2.21. The maximum absolute atomic E-state index is 13.0. The van der Waals surface area contributed by atoms with Crippen LogP contribution in [-0.4, -0.2) is 96.7 Å². The number of carbonyl (C=O) groups is 4. The lowest BCUT2D eigenvalue weighted by atomic mass is 10.0. The Labute approximate surface area is 537 Å².